The first-order valence-corrected chi connectivity index (χ1v) is 12.2. The van der Waals surface area contributed by atoms with Gasteiger partial charge in [-0.25, -0.2) is 4.79 Å². The number of piperazine rings is 1. The lowest BCUT2D eigenvalue weighted by atomic mass is 10.1. The minimum atomic E-state index is -0.0985. The molecular weight excluding hydrogens is 428 g/mol. The Labute approximate surface area is 201 Å². The van der Waals surface area contributed by atoms with Gasteiger partial charge in [0, 0.05) is 58.7 Å². The minimum Gasteiger partial charge on any atom is -0.339 e. The molecule has 7 heteroatoms. The quantitative estimate of drug-likeness (QED) is 0.687. The van der Waals surface area contributed by atoms with Crippen LogP contribution in [0.25, 0.3) is 0 Å². The summed E-state index contributed by atoms with van der Waals surface area (Å²) in [5.74, 6) is 0.377. The number of likely N-dealkylation sites (tertiary alicyclic amines) is 1. The molecule has 180 valence electrons. The SMILES string of the molecule is Cc1cccc(CCC(=O)N2CCN(C(=O)NCc3ccc(CN4CCCC4=O)cc3)CC2)c1. The first-order chi connectivity index (χ1) is 16.5. The van der Waals surface area contributed by atoms with E-state index in [0.717, 1.165) is 30.5 Å². The average Bonchev–Trinajstić information content (AvgIpc) is 3.26. The van der Waals surface area contributed by atoms with Crippen LogP contribution in [-0.2, 0) is 29.1 Å². The molecule has 4 amide bonds. The predicted octanol–water partition coefficient (Wildman–Crippen LogP) is 3.10. The molecule has 2 heterocycles. The number of hydrogen-bond donors (Lipinski definition) is 1. The summed E-state index contributed by atoms with van der Waals surface area (Å²) in [5, 5.41) is 2.98. The highest BCUT2D eigenvalue weighted by Gasteiger charge is 2.24. The Hall–Kier alpha value is -3.35. The monoisotopic (exact) mass is 462 g/mol. The molecule has 7 nitrogen and oxygen atoms in total. The highest BCUT2D eigenvalue weighted by Crippen LogP contribution is 2.15. The van der Waals surface area contributed by atoms with Crippen LogP contribution in [0.3, 0.4) is 0 Å². The van der Waals surface area contributed by atoms with E-state index in [0.29, 0.717) is 52.1 Å². The largest absolute Gasteiger partial charge is 0.339 e. The molecule has 0 spiro atoms. The number of hydrogen-bond acceptors (Lipinski definition) is 3. The van der Waals surface area contributed by atoms with Gasteiger partial charge in [-0.2, -0.15) is 0 Å². The Kier molecular flexibility index (Phi) is 7.83. The predicted molar refractivity (Wildman–Crippen MR) is 131 cm³/mol. The van der Waals surface area contributed by atoms with Crippen molar-refractivity contribution in [1.29, 1.82) is 0 Å². The molecule has 0 aromatic heterocycles. The molecule has 34 heavy (non-hydrogen) atoms. The second kappa shape index (κ2) is 11.2. The van der Waals surface area contributed by atoms with E-state index in [1.165, 1.54) is 11.1 Å². The van der Waals surface area contributed by atoms with E-state index in [4.69, 9.17) is 0 Å². The van der Waals surface area contributed by atoms with Crippen LogP contribution in [0, 0.1) is 6.92 Å². The maximum Gasteiger partial charge on any atom is 0.317 e. The highest BCUT2D eigenvalue weighted by atomic mass is 16.2. The van der Waals surface area contributed by atoms with E-state index < -0.39 is 0 Å². The number of nitrogens with one attached hydrogen (secondary N) is 1. The Morgan fingerprint density at radius 3 is 2.26 bits per heavy atom. The van der Waals surface area contributed by atoms with Crippen molar-refractivity contribution in [3.63, 3.8) is 0 Å². The fourth-order valence-electron chi connectivity index (χ4n) is 4.58. The van der Waals surface area contributed by atoms with Gasteiger partial charge < -0.3 is 20.0 Å². The van der Waals surface area contributed by atoms with Gasteiger partial charge in [-0.1, -0.05) is 54.1 Å². The van der Waals surface area contributed by atoms with Crippen molar-refractivity contribution >= 4 is 17.8 Å². The summed E-state index contributed by atoms with van der Waals surface area (Å²) in [4.78, 5) is 42.5. The average molecular weight is 463 g/mol. The summed E-state index contributed by atoms with van der Waals surface area (Å²) in [6, 6.07) is 16.2. The van der Waals surface area contributed by atoms with Crippen molar-refractivity contribution in [2.75, 3.05) is 32.7 Å². The van der Waals surface area contributed by atoms with Crippen molar-refractivity contribution < 1.29 is 14.4 Å². The molecular formula is C27H34N4O3. The van der Waals surface area contributed by atoms with Crippen LogP contribution in [0.4, 0.5) is 4.79 Å². The Morgan fingerprint density at radius 2 is 1.59 bits per heavy atom. The standard InChI is InChI=1S/C27H34N4O3/c1-21-4-2-5-22(18-21)11-12-26(33)29-14-16-30(17-15-29)27(34)28-19-23-7-9-24(10-8-23)20-31-13-3-6-25(31)32/h2,4-5,7-10,18H,3,6,11-17,19-20H2,1H3,(H,28,34). The van der Waals surface area contributed by atoms with Gasteiger partial charge in [0.05, 0.1) is 0 Å². The van der Waals surface area contributed by atoms with Gasteiger partial charge in [-0.05, 0) is 36.5 Å². The summed E-state index contributed by atoms with van der Waals surface area (Å²) < 4.78 is 0. The van der Waals surface area contributed by atoms with Crippen molar-refractivity contribution in [3.8, 4) is 0 Å². The normalized spacial score (nSPS) is 16.1. The van der Waals surface area contributed by atoms with E-state index in [-0.39, 0.29) is 17.8 Å². The second-order valence-electron chi connectivity index (χ2n) is 9.25. The van der Waals surface area contributed by atoms with Crippen LogP contribution in [0.1, 0.15) is 41.5 Å². The van der Waals surface area contributed by atoms with E-state index >= 15 is 0 Å². The number of nitrogens with zero attached hydrogens (tertiary/aromatic N) is 3. The van der Waals surface area contributed by atoms with E-state index in [9.17, 15) is 14.4 Å². The fourth-order valence-corrected chi connectivity index (χ4v) is 4.58. The third-order valence-electron chi connectivity index (χ3n) is 6.64. The van der Waals surface area contributed by atoms with Gasteiger partial charge in [0.1, 0.15) is 0 Å². The van der Waals surface area contributed by atoms with Crippen LogP contribution in [0.15, 0.2) is 48.5 Å². The lowest BCUT2D eigenvalue weighted by Crippen LogP contribution is -2.53. The zero-order chi connectivity index (χ0) is 23.9. The number of rotatable bonds is 7. The molecule has 4 rings (SSSR count). The lowest BCUT2D eigenvalue weighted by Gasteiger charge is -2.34. The van der Waals surface area contributed by atoms with Crippen molar-refractivity contribution in [1.82, 2.24) is 20.0 Å². The topological polar surface area (TPSA) is 73.0 Å². The Balaban J connectivity index is 1.16. The van der Waals surface area contributed by atoms with Gasteiger partial charge >= 0.3 is 6.03 Å². The summed E-state index contributed by atoms with van der Waals surface area (Å²) in [6.45, 7) is 6.24. The Bertz CT molecular complexity index is 1010. The van der Waals surface area contributed by atoms with Crippen molar-refractivity contribution in [2.24, 2.45) is 0 Å². The Morgan fingerprint density at radius 1 is 0.882 bits per heavy atom. The highest BCUT2D eigenvalue weighted by molar-refractivity contribution is 5.78. The summed E-state index contributed by atoms with van der Waals surface area (Å²) in [5.41, 5.74) is 4.52. The molecule has 1 N–H and O–H groups in total. The maximum atomic E-state index is 12.6. The molecule has 0 radical (unpaired) electrons. The smallest absolute Gasteiger partial charge is 0.317 e. The van der Waals surface area contributed by atoms with Crippen LogP contribution in [0.2, 0.25) is 0 Å². The molecule has 2 fully saturated rings. The molecule has 0 bridgehead atoms. The second-order valence-corrected chi connectivity index (χ2v) is 9.25. The van der Waals surface area contributed by atoms with Crippen molar-refractivity contribution in [3.05, 3.63) is 70.8 Å². The number of amides is 4. The van der Waals surface area contributed by atoms with E-state index in [1.807, 2.05) is 40.1 Å². The molecule has 2 aliphatic rings. The first-order valence-electron chi connectivity index (χ1n) is 12.2. The van der Waals surface area contributed by atoms with Gasteiger partial charge in [0.15, 0.2) is 0 Å². The van der Waals surface area contributed by atoms with E-state index in [1.54, 1.807) is 4.90 Å². The molecule has 2 aliphatic heterocycles. The third-order valence-corrected chi connectivity index (χ3v) is 6.64. The number of benzene rings is 2. The molecule has 2 saturated heterocycles. The molecule has 2 aromatic rings. The zero-order valence-corrected chi connectivity index (χ0v) is 20.0. The minimum absolute atomic E-state index is 0.0985. The zero-order valence-electron chi connectivity index (χ0n) is 20.0. The fraction of sp³-hybridized carbons (Fsp3) is 0.444. The molecule has 0 saturated carbocycles. The van der Waals surface area contributed by atoms with Gasteiger partial charge in [-0.15, -0.1) is 0 Å². The van der Waals surface area contributed by atoms with Crippen LogP contribution >= 0.6 is 0 Å². The van der Waals surface area contributed by atoms with Crippen LogP contribution in [-0.4, -0.2) is 65.3 Å². The first kappa shape index (κ1) is 23.8. The summed E-state index contributed by atoms with van der Waals surface area (Å²) in [7, 11) is 0. The number of aryl methyl sites for hydroxylation is 2. The lowest BCUT2D eigenvalue weighted by molar-refractivity contribution is -0.132. The summed E-state index contributed by atoms with van der Waals surface area (Å²) >= 11 is 0. The van der Waals surface area contributed by atoms with E-state index in [2.05, 4.69) is 30.4 Å². The molecule has 2 aromatic carbocycles. The maximum absolute atomic E-state index is 12.6. The summed E-state index contributed by atoms with van der Waals surface area (Å²) in [6.07, 6.45) is 2.84. The van der Waals surface area contributed by atoms with Gasteiger partial charge in [-0.3, -0.25) is 9.59 Å². The van der Waals surface area contributed by atoms with Crippen LogP contribution in [0.5, 0.6) is 0 Å². The number of carbonyl (C=O) groups is 3. The number of urea groups is 1. The van der Waals surface area contributed by atoms with Crippen molar-refractivity contribution in [2.45, 2.75) is 45.7 Å². The molecule has 0 unspecified atom stereocenters. The van der Waals surface area contributed by atoms with Gasteiger partial charge in [0.25, 0.3) is 0 Å². The molecule has 0 aliphatic carbocycles. The number of carbonyl (C=O) groups excluding carboxylic acids is 3. The third kappa shape index (κ3) is 6.37. The molecule has 0 atom stereocenters. The van der Waals surface area contributed by atoms with Crippen LogP contribution < -0.4 is 5.32 Å². The van der Waals surface area contributed by atoms with Gasteiger partial charge in [0.2, 0.25) is 11.8 Å².